The number of hydrogen-bond donors (Lipinski definition) is 1. The smallest absolute Gasteiger partial charge is 0.272 e. The van der Waals surface area contributed by atoms with Crippen LogP contribution >= 0.6 is 0 Å². The number of aliphatic hydroxyl groups excluding tert-OH is 1. The maximum atomic E-state index is 10.7. The van der Waals surface area contributed by atoms with Gasteiger partial charge in [-0.15, -0.1) is 0 Å². The Morgan fingerprint density at radius 1 is 1.50 bits per heavy atom. The van der Waals surface area contributed by atoms with Gasteiger partial charge in [0.05, 0.1) is 11.0 Å². The van der Waals surface area contributed by atoms with Crippen LogP contribution in [-0.4, -0.2) is 10.0 Å². The molecule has 0 fully saturated rings. The Morgan fingerprint density at radius 3 is 3.00 bits per heavy atom. The molecular weight excluding hydrogens is 182 g/mol. The summed E-state index contributed by atoms with van der Waals surface area (Å²) in [5.74, 6) is 0. The number of nitro benzene ring substituents is 1. The SMILES string of the molecule is O=[N+]([O-])c1cccc2c1CCC[C@@H]2O. The quantitative estimate of drug-likeness (QED) is 0.547. The van der Waals surface area contributed by atoms with E-state index in [1.807, 2.05) is 0 Å². The lowest BCUT2D eigenvalue weighted by atomic mass is 9.88. The zero-order chi connectivity index (χ0) is 10.1. The molecule has 0 aliphatic heterocycles. The lowest BCUT2D eigenvalue weighted by molar-refractivity contribution is -0.385. The fourth-order valence-electron chi connectivity index (χ4n) is 1.98. The van der Waals surface area contributed by atoms with Crippen molar-refractivity contribution in [1.82, 2.24) is 0 Å². The van der Waals surface area contributed by atoms with Gasteiger partial charge in [-0.3, -0.25) is 10.1 Å². The van der Waals surface area contributed by atoms with E-state index in [4.69, 9.17) is 0 Å². The predicted octanol–water partition coefficient (Wildman–Crippen LogP) is 1.96. The zero-order valence-corrected chi connectivity index (χ0v) is 7.64. The summed E-state index contributed by atoms with van der Waals surface area (Å²) in [5.41, 5.74) is 1.57. The topological polar surface area (TPSA) is 63.4 Å². The highest BCUT2D eigenvalue weighted by Crippen LogP contribution is 2.34. The van der Waals surface area contributed by atoms with Crippen molar-refractivity contribution < 1.29 is 10.0 Å². The molecule has 1 aliphatic rings. The van der Waals surface area contributed by atoms with Crippen LogP contribution in [0.5, 0.6) is 0 Å². The maximum absolute atomic E-state index is 10.7. The minimum Gasteiger partial charge on any atom is -0.388 e. The Hall–Kier alpha value is -1.42. The summed E-state index contributed by atoms with van der Waals surface area (Å²) in [6, 6.07) is 4.90. The Labute approximate surface area is 81.3 Å². The molecule has 0 aromatic heterocycles. The van der Waals surface area contributed by atoms with Crippen LogP contribution in [0.3, 0.4) is 0 Å². The summed E-state index contributed by atoms with van der Waals surface area (Å²) in [6.07, 6.45) is 1.69. The van der Waals surface area contributed by atoms with Gasteiger partial charge in [0.25, 0.3) is 5.69 Å². The molecule has 14 heavy (non-hydrogen) atoms. The van der Waals surface area contributed by atoms with Crippen LogP contribution in [0.2, 0.25) is 0 Å². The molecule has 0 saturated carbocycles. The van der Waals surface area contributed by atoms with Crippen LogP contribution in [0.15, 0.2) is 18.2 Å². The molecule has 1 aliphatic carbocycles. The lowest BCUT2D eigenvalue weighted by Crippen LogP contribution is -2.11. The molecule has 1 aromatic rings. The first-order valence-electron chi connectivity index (χ1n) is 4.64. The van der Waals surface area contributed by atoms with Gasteiger partial charge in [0, 0.05) is 11.6 Å². The van der Waals surface area contributed by atoms with Crippen molar-refractivity contribution in [3.8, 4) is 0 Å². The highest BCUT2D eigenvalue weighted by molar-refractivity contribution is 5.47. The summed E-state index contributed by atoms with van der Waals surface area (Å²) in [7, 11) is 0. The van der Waals surface area contributed by atoms with Gasteiger partial charge in [0.2, 0.25) is 0 Å². The second-order valence-corrected chi connectivity index (χ2v) is 3.51. The third kappa shape index (κ3) is 1.37. The van der Waals surface area contributed by atoms with Crippen LogP contribution in [0.4, 0.5) is 5.69 Å². The molecule has 2 rings (SSSR count). The van der Waals surface area contributed by atoms with E-state index in [0.717, 1.165) is 12.0 Å². The fourth-order valence-corrected chi connectivity index (χ4v) is 1.98. The van der Waals surface area contributed by atoms with Gasteiger partial charge in [-0.05, 0) is 24.8 Å². The van der Waals surface area contributed by atoms with Crippen LogP contribution in [-0.2, 0) is 6.42 Å². The highest BCUT2D eigenvalue weighted by atomic mass is 16.6. The number of benzene rings is 1. The number of nitro groups is 1. The van der Waals surface area contributed by atoms with Gasteiger partial charge in [-0.1, -0.05) is 12.1 Å². The highest BCUT2D eigenvalue weighted by Gasteiger charge is 2.24. The predicted molar refractivity (Wildman–Crippen MR) is 51.0 cm³/mol. The average molecular weight is 193 g/mol. The standard InChI is InChI=1S/C10H11NO3/c12-10-6-2-3-7-8(10)4-1-5-9(7)11(13)14/h1,4-5,10,12H,2-3,6H2/t10-/m0/s1. The summed E-state index contributed by atoms with van der Waals surface area (Å²) in [6.45, 7) is 0. The molecule has 1 aromatic carbocycles. The van der Waals surface area contributed by atoms with Crippen molar-refractivity contribution in [2.75, 3.05) is 0 Å². The molecule has 1 N–H and O–H groups in total. The molecule has 0 radical (unpaired) electrons. The van der Waals surface area contributed by atoms with E-state index in [1.54, 1.807) is 12.1 Å². The maximum Gasteiger partial charge on any atom is 0.272 e. The number of aliphatic hydroxyl groups is 1. The van der Waals surface area contributed by atoms with E-state index in [2.05, 4.69) is 0 Å². The van der Waals surface area contributed by atoms with Gasteiger partial charge in [-0.25, -0.2) is 0 Å². The van der Waals surface area contributed by atoms with Crippen LogP contribution < -0.4 is 0 Å². The zero-order valence-electron chi connectivity index (χ0n) is 7.64. The molecule has 0 spiro atoms. The molecule has 0 amide bonds. The summed E-state index contributed by atoms with van der Waals surface area (Å²) in [5, 5.41) is 20.3. The van der Waals surface area contributed by atoms with Gasteiger partial charge in [-0.2, -0.15) is 0 Å². The molecule has 0 saturated heterocycles. The van der Waals surface area contributed by atoms with Crippen molar-refractivity contribution in [1.29, 1.82) is 0 Å². The van der Waals surface area contributed by atoms with Crippen molar-refractivity contribution in [3.05, 3.63) is 39.4 Å². The largest absolute Gasteiger partial charge is 0.388 e. The number of nitrogens with zero attached hydrogens (tertiary/aromatic N) is 1. The minimum absolute atomic E-state index is 0.140. The molecule has 0 heterocycles. The van der Waals surface area contributed by atoms with E-state index < -0.39 is 6.10 Å². The van der Waals surface area contributed by atoms with E-state index in [-0.39, 0.29) is 10.6 Å². The van der Waals surface area contributed by atoms with Crippen LogP contribution in [0, 0.1) is 10.1 Å². The Bertz CT molecular complexity index is 376. The molecule has 1 atom stereocenters. The Balaban J connectivity index is 2.55. The van der Waals surface area contributed by atoms with E-state index >= 15 is 0 Å². The summed E-state index contributed by atoms with van der Waals surface area (Å²) >= 11 is 0. The van der Waals surface area contributed by atoms with Crippen LogP contribution in [0.25, 0.3) is 0 Å². The van der Waals surface area contributed by atoms with Crippen molar-refractivity contribution >= 4 is 5.69 Å². The first-order chi connectivity index (χ1) is 6.70. The molecule has 0 bridgehead atoms. The molecule has 4 heteroatoms. The molecule has 4 nitrogen and oxygen atoms in total. The number of fused-ring (bicyclic) bond motifs is 1. The van der Waals surface area contributed by atoms with E-state index in [1.165, 1.54) is 6.07 Å². The first-order valence-corrected chi connectivity index (χ1v) is 4.64. The van der Waals surface area contributed by atoms with E-state index in [0.29, 0.717) is 18.4 Å². The number of hydrogen-bond acceptors (Lipinski definition) is 3. The van der Waals surface area contributed by atoms with Gasteiger partial charge in [0.1, 0.15) is 0 Å². The van der Waals surface area contributed by atoms with Crippen molar-refractivity contribution in [2.24, 2.45) is 0 Å². The monoisotopic (exact) mass is 193 g/mol. The van der Waals surface area contributed by atoms with Gasteiger partial charge < -0.3 is 5.11 Å². The Kier molecular flexibility index (Phi) is 2.21. The van der Waals surface area contributed by atoms with Crippen molar-refractivity contribution in [2.45, 2.75) is 25.4 Å². The molecular formula is C10H11NO3. The second-order valence-electron chi connectivity index (χ2n) is 3.51. The fraction of sp³-hybridized carbons (Fsp3) is 0.400. The first kappa shape index (κ1) is 9.15. The third-order valence-electron chi connectivity index (χ3n) is 2.65. The van der Waals surface area contributed by atoms with E-state index in [9.17, 15) is 15.2 Å². The molecule has 0 unspecified atom stereocenters. The normalized spacial score (nSPS) is 20.2. The summed E-state index contributed by atoms with van der Waals surface area (Å²) < 4.78 is 0. The Morgan fingerprint density at radius 2 is 2.29 bits per heavy atom. The van der Waals surface area contributed by atoms with Crippen molar-refractivity contribution in [3.63, 3.8) is 0 Å². The number of rotatable bonds is 1. The second kappa shape index (κ2) is 3.38. The van der Waals surface area contributed by atoms with Gasteiger partial charge >= 0.3 is 0 Å². The molecule has 74 valence electrons. The van der Waals surface area contributed by atoms with Gasteiger partial charge in [0.15, 0.2) is 0 Å². The van der Waals surface area contributed by atoms with Crippen LogP contribution in [0.1, 0.15) is 30.1 Å². The third-order valence-corrected chi connectivity index (χ3v) is 2.65. The average Bonchev–Trinajstić information content (AvgIpc) is 2.17. The minimum atomic E-state index is -0.529. The summed E-state index contributed by atoms with van der Waals surface area (Å²) in [4.78, 5) is 10.3. The lowest BCUT2D eigenvalue weighted by Gasteiger charge is -2.20.